The smallest absolute Gasteiger partial charge is 0.311 e. The van der Waals surface area contributed by atoms with E-state index in [2.05, 4.69) is 0 Å². The van der Waals surface area contributed by atoms with Crippen molar-refractivity contribution in [3.63, 3.8) is 0 Å². The van der Waals surface area contributed by atoms with E-state index in [0.29, 0.717) is 5.56 Å². The fraction of sp³-hybridized carbons (Fsp3) is 0.100. The van der Waals surface area contributed by atoms with Crippen LogP contribution < -0.4 is 10.5 Å². The van der Waals surface area contributed by atoms with Crippen LogP contribution in [0.2, 0.25) is 0 Å². The van der Waals surface area contributed by atoms with Crippen molar-refractivity contribution < 1.29 is 14.5 Å². The number of benzene rings is 1. The van der Waals surface area contributed by atoms with E-state index in [1.165, 1.54) is 25.3 Å². The molecular weight excluding hydrogens is 212 g/mol. The fourth-order valence-electron chi connectivity index (χ4n) is 1.13. The quantitative estimate of drug-likeness (QED) is 0.468. The second-order valence-electron chi connectivity index (χ2n) is 2.92. The standard InChI is InChI=1S/C10H10N2O4/c1-16-9-4-2-7(3-5-10(11)13)6-8(9)12(14)15/h2-6H,1H3,(H2,11,13)/b5-3-. The molecular formula is C10H10N2O4. The Kier molecular flexibility index (Phi) is 3.60. The molecule has 0 saturated heterocycles. The number of carbonyl (C=O) groups excluding carboxylic acids is 1. The van der Waals surface area contributed by atoms with Crippen LogP contribution in [0.15, 0.2) is 24.3 Å². The zero-order valence-electron chi connectivity index (χ0n) is 8.54. The van der Waals surface area contributed by atoms with E-state index in [4.69, 9.17) is 10.5 Å². The summed E-state index contributed by atoms with van der Waals surface area (Å²) in [6, 6.07) is 4.35. The molecule has 1 aromatic carbocycles. The molecule has 16 heavy (non-hydrogen) atoms. The number of rotatable bonds is 4. The zero-order chi connectivity index (χ0) is 12.1. The van der Waals surface area contributed by atoms with E-state index < -0.39 is 10.8 Å². The van der Waals surface area contributed by atoms with E-state index in [1.54, 1.807) is 6.07 Å². The number of hydrogen-bond donors (Lipinski definition) is 1. The normalized spacial score (nSPS) is 10.3. The number of nitrogens with two attached hydrogens (primary N) is 1. The van der Waals surface area contributed by atoms with Crippen molar-refractivity contribution in [2.75, 3.05) is 7.11 Å². The van der Waals surface area contributed by atoms with Crippen molar-refractivity contribution in [1.29, 1.82) is 0 Å². The first-order chi connectivity index (χ1) is 7.54. The van der Waals surface area contributed by atoms with Gasteiger partial charge in [-0.05, 0) is 17.7 Å². The third-order valence-electron chi connectivity index (χ3n) is 1.84. The first-order valence-electron chi connectivity index (χ1n) is 4.34. The van der Waals surface area contributed by atoms with Gasteiger partial charge in [-0.25, -0.2) is 0 Å². The molecule has 6 heteroatoms. The predicted molar refractivity (Wildman–Crippen MR) is 57.9 cm³/mol. The number of ether oxygens (including phenoxy) is 1. The predicted octanol–water partition coefficient (Wildman–Crippen LogP) is 1.10. The minimum Gasteiger partial charge on any atom is -0.490 e. The highest BCUT2D eigenvalue weighted by atomic mass is 16.6. The summed E-state index contributed by atoms with van der Waals surface area (Å²) in [6.07, 6.45) is 2.53. The Balaban J connectivity index is 3.12. The topological polar surface area (TPSA) is 95.5 Å². The van der Waals surface area contributed by atoms with Crippen LogP contribution in [0.1, 0.15) is 5.56 Å². The average Bonchev–Trinajstić information content (AvgIpc) is 2.25. The van der Waals surface area contributed by atoms with Crippen LogP contribution in [-0.4, -0.2) is 17.9 Å². The van der Waals surface area contributed by atoms with Gasteiger partial charge in [0.2, 0.25) is 5.91 Å². The van der Waals surface area contributed by atoms with Crippen LogP contribution >= 0.6 is 0 Å². The molecule has 0 aliphatic rings. The van der Waals surface area contributed by atoms with Crippen LogP contribution in [0.3, 0.4) is 0 Å². The lowest BCUT2D eigenvalue weighted by Crippen LogP contribution is -2.05. The summed E-state index contributed by atoms with van der Waals surface area (Å²) >= 11 is 0. The van der Waals surface area contributed by atoms with Gasteiger partial charge in [-0.3, -0.25) is 14.9 Å². The Bertz CT molecular complexity index is 454. The van der Waals surface area contributed by atoms with Gasteiger partial charge in [-0.2, -0.15) is 0 Å². The number of methoxy groups -OCH3 is 1. The van der Waals surface area contributed by atoms with Crippen LogP contribution in [0.4, 0.5) is 5.69 Å². The number of nitrogens with zero attached hydrogens (tertiary/aromatic N) is 1. The van der Waals surface area contributed by atoms with Gasteiger partial charge in [0.05, 0.1) is 12.0 Å². The van der Waals surface area contributed by atoms with Crippen LogP contribution in [0, 0.1) is 10.1 Å². The van der Waals surface area contributed by atoms with Gasteiger partial charge in [0, 0.05) is 12.1 Å². The molecule has 2 N–H and O–H groups in total. The van der Waals surface area contributed by atoms with Gasteiger partial charge in [-0.15, -0.1) is 0 Å². The molecule has 84 valence electrons. The highest BCUT2D eigenvalue weighted by Crippen LogP contribution is 2.27. The van der Waals surface area contributed by atoms with Crippen LogP contribution in [0.5, 0.6) is 5.75 Å². The molecule has 0 spiro atoms. The summed E-state index contributed by atoms with van der Waals surface area (Å²) in [5.74, 6) is -0.445. The van der Waals surface area contributed by atoms with Crippen molar-refractivity contribution >= 4 is 17.7 Å². The third kappa shape index (κ3) is 2.81. The Labute approximate surface area is 91.5 Å². The second-order valence-corrected chi connectivity index (χ2v) is 2.92. The largest absolute Gasteiger partial charge is 0.490 e. The van der Waals surface area contributed by atoms with Gasteiger partial charge >= 0.3 is 5.69 Å². The summed E-state index contributed by atoms with van der Waals surface area (Å²) in [6.45, 7) is 0. The van der Waals surface area contributed by atoms with Gasteiger partial charge in [0.25, 0.3) is 0 Å². The first kappa shape index (κ1) is 11.7. The van der Waals surface area contributed by atoms with Crippen LogP contribution in [-0.2, 0) is 4.79 Å². The summed E-state index contributed by atoms with van der Waals surface area (Å²) in [5.41, 5.74) is 5.26. The molecule has 0 aliphatic carbocycles. The lowest BCUT2D eigenvalue weighted by atomic mass is 10.1. The fourth-order valence-corrected chi connectivity index (χ4v) is 1.13. The molecule has 6 nitrogen and oxygen atoms in total. The highest BCUT2D eigenvalue weighted by Gasteiger charge is 2.14. The number of nitro benzene ring substituents is 1. The van der Waals surface area contributed by atoms with Crippen molar-refractivity contribution in [2.24, 2.45) is 5.73 Å². The Hall–Kier alpha value is -2.37. The molecule has 0 unspecified atom stereocenters. The van der Waals surface area contributed by atoms with E-state index in [1.807, 2.05) is 0 Å². The summed E-state index contributed by atoms with van der Waals surface area (Å²) in [4.78, 5) is 20.6. The minimum absolute atomic E-state index is 0.158. The Morgan fingerprint density at radius 2 is 2.25 bits per heavy atom. The third-order valence-corrected chi connectivity index (χ3v) is 1.84. The molecule has 0 bridgehead atoms. The lowest BCUT2D eigenvalue weighted by Gasteiger charge is -2.01. The Morgan fingerprint density at radius 3 is 2.75 bits per heavy atom. The summed E-state index contributed by atoms with van der Waals surface area (Å²) < 4.78 is 4.83. The van der Waals surface area contributed by atoms with Crippen molar-refractivity contribution in [3.05, 3.63) is 40.0 Å². The van der Waals surface area contributed by atoms with Crippen molar-refractivity contribution in [3.8, 4) is 5.75 Å². The molecule has 0 fully saturated rings. The molecule has 1 amide bonds. The monoisotopic (exact) mass is 222 g/mol. The Morgan fingerprint density at radius 1 is 1.56 bits per heavy atom. The number of amides is 1. The first-order valence-corrected chi connectivity index (χ1v) is 4.34. The molecule has 0 heterocycles. The van der Waals surface area contributed by atoms with Gasteiger partial charge in [0.15, 0.2) is 5.75 Å². The molecule has 0 aromatic heterocycles. The maximum absolute atomic E-state index is 10.7. The number of nitro groups is 1. The van der Waals surface area contributed by atoms with Gasteiger partial charge < -0.3 is 10.5 Å². The zero-order valence-corrected chi connectivity index (χ0v) is 8.54. The average molecular weight is 222 g/mol. The molecule has 1 aromatic rings. The lowest BCUT2D eigenvalue weighted by molar-refractivity contribution is -0.385. The molecule has 1 rings (SSSR count). The maximum atomic E-state index is 10.7. The van der Waals surface area contributed by atoms with E-state index >= 15 is 0 Å². The van der Waals surface area contributed by atoms with E-state index in [0.717, 1.165) is 6.08 Å². The molecule has 0 saturated carbocycles. The highest BCUT2D eigenvalue weighted by molar-refractivity contribution is 5.90. The maximum Gasteiger partial charge on any atom is 0.311 e. The molecule has 0 aliphatic heterocycles. The molecule has 0 radical (unpaired) electrons. The SMILES string of the molecule is COc1ccc(/C=C\C(N)=O)cc1[N+](=O)[O-]. The van der Waals surface area contributed by atoms with Crippen molar-refractivity contribution in [1.82, 2.24) is 0 Å². The van der Waals surface area contributed by atoms with Crippen molar-refractivity contribution in [2.45, 2.75) is 0 Å². The number of primary amides is 1. The summed E-state index contributed by atoms with van der Waals surface area (Å²) in [7, 11) is 1.35. The van der Waals surface area contributed by atoms with Gasteiger partial charge in [-0.1, -0.05) is 6.07 Å². The number of carbonyl (C=O) groups is 1. The van der Waals surface area contributed by atoms with E-state index in [-0.39, 0.29) is 11.4 Å². The summed E-state index contributed by atoms with van der Waals surface area (Å²) in [5, 5.41) is 10.7. The van der Waals surface area contributed by atoms with E-state index in [9.17, 15) is 14.9 Å². The minimum atomic E-state index is -0.613. The molecule has 0 atom stereocenters. The van der Waals surface area contributed by atoms with Crippen LogP contribution in [0.25, 0.3) is 6.08 Å². The van der Waals surface area contributed by atoms with Gasteiger partial charge in [0.1, 0.15) is 0 Å². The second kappa shape index (κ2) is 4.92. The number of hydrogen-bond acceptors (Lipinski definition) is 4.